The van der Waals surface area contributed by atoms with E-state index in [1.54, 1.807) is 0 Å². The van der Waals surface area contributed by atoms with Crippen molar-refractivity contribution in [2.24, 2.45) is 0 Å². The van der Waals surface area contributed by atoms with E-state index in [-0.39, 0.29) is 12.2 Å². The molecule has 154 valence electrons. The van der Waals surface area contributed by atoms with E-state index in [1.165, 1.54) is 0 Å². The number of amides is 2. The Morgan fingerprint density at radius 3 is 1.46 bits per heavy atom. The van der Waals surface area contributed by atoms with Gasteiger partial charge in [-0.2, -0.15) is 0 Å². The van der Waals surface area contributed by atoms with E-state index in [0.29, 0.717) is 13.1 Å². The van der Waals surface area contributed by atoms with E-state index in [2.05, 4.69) is 16.0 Å². The molecule has 0 aromatic carbocycles. The summed E-state index contributed by atoms with van der Waals surface area (Å²) >= 11 is 0. The lowest BCUT2D eigenvalue weighted by molar-refractivity contribution is 0.0515. The minimum Gasteiger partial charge on any atom is -0.444 e. The molecule has 0 aromatic rings. The highest BCUT2D eigenvalue weighted by molar-refractivity contribution is 5.67. The summed E-state index contributed by atoms with van der Waals surface area (Å²) in [6.45, 7) is 14.2. The molecule has 0 spiro atoms. The second kappa shape index (κ2) is 12.8. The third kappa shape index (κ3) is 18.8. The molecule has 0 aliphatic rings. The third-order valence-electron chi connectivity index (χ3n) is 3.15. The molecule has 0 aromatic heterocycles. The molecule has 0 saturated carbocycles. The lowest BCUT2D eigenvalue weighted by Gasteiger charge is -2.19. The minimum absolute atomic E-state index is 0.348. The van der Waals surface area contributed by atoms with Gasteiger partial charge < -0.3 is 25.4 Å². The van der Waals surface area contributed by atoms with Gasteiger partial charge in [0.1, 0.15) is 11.2 Å². The molecule has 7 nitrogen and oxygen atoms in total. The van der Waals surface area contributed by atoms with Crippen LogP contribution in [0.15, 0.2) is 0 Å². The Labute approximate surface area is 159 Å². The number of ether oxygens (including phenoxy) is 2. The van der Waals surface area contributed by atoms with Gasteiger partial charge >= 0.3 is 12.2 Å². The van der Waals surface area contributed by atoms with Crippen molar-refractivity contribution >= 4 is 12.2 Å². The Morgan fingerprint density at radius 2 is 1.00 bits per heavy atom. The quantitative estimate of drug-likeness (QED) is 0.482. The second-order valence-corrected chi connectivity index (χ2v) is 8.38. The first-order valence-electron chi connectivity index (χ1n) is 9.64. The van der Waals surface area contributed by atoms with Crippen molar-refractivity contribution in [1.82, 2.24) is 16.0 Å². The smallest absolute Gasteiger partial charge is 0.407 e. The van der Waals surface area contributed by atoms with E-state index in [4.69, 9.17) is 9.47 Å². The third-order valence-corrected chi connectivity index (χ3v) is 3.15. The first kappa shape index (κ1) is 24.5. The summed E-state index contributed by atoms with van der Waals surface area (Å²) in [7, 11) is 0. The lowest BCUT2D eigenvalue weighted by atomic mass is 10.2. The molecule has 0 radical (unpaired) electrons. The largest absolute Gasteiger partial charge is 0.444 e. The molecule has 2 amide bonds. The molecule has 0 heterocycles. The number of hydrogen-bond acceptors (Lipinski definition) is 5. The van der Waals surface area contributed by atoms with Gasteiger partial charge in [-0.3, -0.25) is 0 Å². The molecule has 0 aliphatic carbocycles. The SMILES string of the molecule is CC(C)(C)OC(=O)NCCCCCCNCCCNC(=O)OC(C)(C)C. The predicted molar refractivity (Wildman–Crippen MR) is 104 cm³/mol. The summed E-state index contributed by atoms with van der Waals surface area (Å²) in [4.78, 5) is 22.9. The Kier molecular flexibility index (Phi) is 12.1. The topological polar surface area (TPSA) is 88.7 Å². The van der Waals surface area contributed by atoms with Gasteiger partial charge in [-0.1, -0.05) is 12.8 Å². The molecule has 0 saturated heterocycles. The van der Waals surface area contributed by atoms with Crippen LogP contribution < -0.4 is 16.0 Å². The molecule has 0 rings (SSSR count). The maximum atomic E-state index is 11.5. The van der Waals surface area contributed by atoms with E-state index in [0.717, 1.165) is 45.2 Å². The van der Waals surface area contributed by atoms with Gasteiger partial charge in [-0.25, -0.2) is 9.59 Å². The standard InChI is InChI=1S/C19H39N3O4/c1-18(2,3)25-16(23)21-14-10-8-7-9-12-20-13-11-15-22-17(24)26-19(4,5)6/h20H,7-15H2,1-6H3,(H,21,23)(H,22,24). The summed E-state index contributed by atoms with van der Waals surface area (Å²) in [6, 6.07) is 0. The molecule has 0 fully saturated rings. The first-order chi connectivity index (χ1) is 12.0. The van der Waals surface area contributed by atoms with E-state index < -0.39 is 11.2 Å². The first-order valence-corrected chi connectivity index (χ1v) is 9.64. The fourth-order valence-electron chi connectivity index (χ4n) is 2.08. The fraction of sp³-hybridized carbons (Fsp3) is 0.895. The van der Waals surface area contributed by atoms with Crippen LogP contribution in [-0.2, 0) is 9.47 Å². The van der Waals surface area contributed by atoms with Crippen LogP contribution in [0.25, 0.3) is 0 Å². The zero-order valence-electron chi connectivity index (χ0n) is 17.5. The molecule has 0 aliphatic heterocycles. The van der Waals surface area contributed by atoms with Crippen LogP contribution >= 0.6 is 0 Å². The molecular weight excluding hydrogens is 334 g/mol. The van der Waals surface area contributed by atoms with Crippen molar-refractivity contribution in [3.8, 4) is 0 Å². The van der Waals surface area contributed by atoms with Crippen LogP contribution in [0, 0.1) is 0 Å². The maximum absolute atomic E-state index is 11.5. The lowest BCUT2D eigenvalue weighted by Crippen LogP contribution is -2.34. The van der Waals surface area contributed by atoms with Gasteiger partial charge in [0.25, 0.3) is 0 Å². The highest BCUT2D eigenvalue weighted by Gasteiger charge is 2.16. The highest BCUT2D eigenvalue weighted by atomic mass is 16.6. The minimum atomic E-state index is -0.454. The van der Waals surface area contributed by atoms with Gasteiger partial charge in [0, 0.05) is 13.1 Å². The molecule has 7 heteroatoms. The van der Waals surface area contributed by atoms with Gasteiger partial charge in [0.2, 0.25) is 0 Å². The van der Waals surface area contributed by atoms with E-state index in [9.17, 15) is 9.59 Å². The van der Waals surface area contributed by atoms with Crippen LogP contribution in [0.2, 0.25) is 0 Å². The van der Waals surface area contributed by atoms with Crippen molar-refractivity contribution in [2.75, 3.05) is 26.2 Å². The Hall–Kier alpha value is -1.50. The molecule has 0 bridgehead atoms. The van der Waals surface area contributed by atoms with E-state index in [1.807, 2.05) is 41.5 Å². The average Bonchev–Trinajstić information content (AvgIpc) is 2.44. The normalized spacial score (nSPS) is 11.8. The number of carbonyl (C=O) groups is 2. The predicted octanol–water partition coefficient (Wildman–Crippen LogP) is 3.58. The van der Waals surface area contributed by atoms with Crippen molar-refractivity contribution in [2.45, 2.75) is 84.8 Å². The number of alkyl carbamates (subject to hydrolysis) is 2. The van der Waals surface area contributed by atoms with Crippen molar-refractivity contribution in [3.05, 3.63) is 0 Å². The average molecular weight is 374 g/mol. The van der Waals surface area contributed by atoms with Crippen LogP contribution in [0.3, 0.4) is 0 Å². The summed E-state index contributed by atoms with van der Waals surface area (Å²) in [5, 5.41) is 8.87. The summed E-state index contributed by atoms with van der Waals surface area (Å²) in [6.07, 6.45) is 4.43. The van der Waals surface area contributed by atoms with Crippen LogP contribution in [-0.4, -0.2) is 49.6 Å². The molecule has 26 heavy (non-hydrogen) atoms. The Morgan fingerprint density at radius 1 is 0.615 bits per heavy atom. The Bertz CT molecular complexity index is 363. The summed E-state index contributed by atoms with van der Waals surface area (Å²) in [5.41, 5.74) is -0.900. The van der Waals surface area contributed by atoms with Gasteiger partial charge in [0.05, 0.1) is 0 Å². The van der Waals surface area contributed by atoms with Crippen molar-refractivity contribution < 1.29 is 19.1 Å². The zero-order chi connectivity index (χ0) is 20.1. The van der Waals surface area contributed by atoms with Gasteiger partial charge in [-0.05, 0) is 73.9 Å². The van der Waals surface area contributed by atoms with Crippen molar-refractivity contribution in [3.63, 3.8) is 0 Å². The van der Waals surface area contributed by atoms with Crippen molar-refractivity contribution in [1.29, 1.82) is 0 Å². The number of rotatable bonds is 11. The van der Waals surface area contributed by atoms with Crippen LogP contribution in [0.5, 0.6) is 0 Å². The summed E-state index contributed by atoms with van der Waals surface area (Å²) in [5.74, 6) is 0. The zero-order valence-corrected chi connectivity index (χ0v) is 17.5. The molecule has 0 atom stereocenters. The number of carbonyl (C=O) groups excluding carboxylic acids is 2. The van der Waals surface area contributed by atoms with Crippen LogP contribution in [0.1, 0.15) is 73.6 Å². The maximum Gasteiger partial charge on any atom is 0.407 e. The van der Waals surface area contributed by atoms with E-state index >= 15 is 0 Å². The second-order valence-electron chi connectivity index (χ2n) is 8.38. The molecule has 0 unspecified atom stereocenters. The molecule has 3 N–H and O–H groups in total. The van der Waals surface area contributed by atoms with Crippen LogP contribution in [0.4, 0.5) is 9.59 Å². The number of hydrogen-bond donors (Lipinski definition) is 3. The Balaban J connectivity index is 3.32. The highest BCUT2D eigenvalue weighted by Crippen LogP contribution is 2.07. The van der Waals surface area contributed by atoms with Gasteiger partial charge in [-0.15, -0.1) is 0 Å². The monoisotopic (exact) mass is 373 g/mol. The fourth-order valence-corrected chi connectivity index (χ4v) is 2.08. The van der Waals surface area contributed by atoms with Gasteiger partial charge in [0.15, 0.2) is 0 Å². The molecular formula is C19H39N3O4. The summed E-state index contributed by atoms with van der Waals surface area (Å²) < 4.78 is 10.3. The number of unbranched alkanes of at least 4 members (excludes halogenated alkanes) is 3. The number of nitrogens with one attached hydrogen (secondary N) is 3.